The Balaban J connectivity index is 1.73. The fraction of sp³-hybridized carbons (Fsp3) is 0.200. The van der Waals surface area contributed by atoms with Crippen LogP contribution in [-0.2, 0) is 5.54 Å². The summed E-state index contributed by atoms with van der Waals surface area (Å²) < 4.78 is 0. The number of pyridine rings is 1. The minimum atomic E-state index is -0.153. The van der Waals surface area contributed by atoms with Gasteiger partial charge in [0.25, 0.3) is 5.91 Å². The lowest BCUT2D eigenvalue weighted by Crippen LogP contribution is -2.19. The van der Waals surface area contributed by atoms with Crippen molar-refractivity contribution < 1.29 is 4.79 Å². The van der Waals surface area contributed by atoms with E-state index in [-0.39, 0.29) is 11.4 Å². The summed E-state index contributed by atoms with van der Waals surface area (Å²) in [5.74, 6) is -0.125. The first-order valence-corrected chi connectivity index (χ1v) is 6.28. The van der Waals surface area contributed by atoms with Crippen LogP contribution in [0.4, 0.5) is 5.69 Å². The molecule has 1 amide bonds. The number of hydrogen-bond acceptors (Lipinski definition) is 3. The standard InChI is InChI=1S/C15H15N3O/c16-15(7-8-15)12-3-1-11(2-4-12)14(19)18-13-5-9-17-10-6-13/h1-6,9-10H,7-8,16H2,(H,17,18,19). The fourth-order valence-electron chi connectivity index (χ4n) is 2.02. The van der Waals surface area contributed by atoms with Gasteiger partial charge in [-0.3, -0.25) is 9.78 Å². The highest BCUT2D eigenvalue weighted by Gasteiger charge is 2.39. The second-order valence-electron chi connectivity index (χ2n) is 4.92. The maximum Gasteiger partial charge on any atom is 0.255 e. The minimum absolute atomic E-state index is 0.125. The number of nitrogens with one attached hydrogen (secondary N) is 1. The molecule has 0 spiro atoms. The Hall–Kier alpha value is -2.20. The third-order valence-corrected chi connectivity index (χ3v) is 3.45. The number of benzene rings is 1. The molecule has 4 nitrogen and oxygen atoms in total. The number of amides is 1. The summed E-state index contributed by atoms with van der Waals surface area (Å²) in [6.45, 7) is 0. The molecule has 1 aromatic carbocycles. The topological polar surface area (TPSA) is 68.0 Å². The van der Waals surface area contributed by atoms with Crippen LogP contribution >= 0.6 is 0 Å². The van der Waals surface area contributed by atoms with E-state index in [1.807, 2.05) is 24.3 Å². The van der Waals surface area contributed by atoms with Crippen molar-refractivity contribution in [1.82, 2.24) is 4.98 Å². The molecule has 0 radical (unpaired) electrons. The molecule has 3 N–H and O–H groups in total. The van der Waals surface area contributed by atoms with Crippen molar-refractivity contribution >= 4 is 11.6 Å². The molecule has 2 aromatic rings. The Labute approximate surface area is 111 Å². The Bertz CT molecular complexity index is 589. The van der Waals surface area contributed by atoms with Crippen LogP contribution in [-0.4, -0.2) is 10.9 Å². The molecule has 19 heavy (non-hydrogen) atoms. The molecule has 3 rings (SSSR count). The van der Waals surface area contributed by atoms with E-state index in [1.165, 1.54) is 0 Å². The van der Waals surface area contributed by atoms with Gasteiger partial charge in [0, 0.05) is 29.2 Å². The molecule has 0 saturated heterocycles. The first-order valence-electron chi connectivity index (χ1n) is 6.28. The van der Waals surface area contributed by atoms with Crippen LogP contribution in [0.25, 0.3) is 0 Å². The Morgan fingerprint density at radius 1 is 1.11 bits per heavy atom. The van der Waals surface area contributed by atoms with Crippen molar-refractivity contribution in [3.8, 4) is 0 Å². The summed E-state index contributed by atoms with van der Waals surface area (Å²) in [6.07, 6.45) is 5.33. The number of hydrogen-bond donors (Lipinski definition) is 2. The predicted octanol–water partition coefficient (Wildman–Crippen LogP) is 2.28. The van der Waals surface area contributed by atoms with E-state index in [9.17, 15) is 4.79 Å². The van der Waals surface area contributed by atoms with Crippen LogP contribution < -0.4 is 11.1 Å². The lowest BCUT2D eigenvalue weighted by molar-refractivity contribution is 0.102. The number of nitrogens with zero attached hydrogens (tertiary/aromatic N) is 1. The molecular weight excluding hydrogens is 238 g/mol. The molecule has 1 saturated carbocycles. The van der Waals surface area contributed by atoms with E-state index in [0.717, 1.165) is 24.1 Å². The number of aromatic nitrogens is 1. The van der Waals surface area contributed by atoms with Crippen molar-refractivity contribution in [2.75, 3.05) is 5.32 Å². The van der Waals surface area contributed by atoms with Gasteiger partial charge in [0.2, 0.25) is 0 Å². The maximum absolute atomic E-state index is 12.0. The number of carbonyl (C=O) groups is 1. The summed E-state index contributed by atoms with van der Waals surface area (Å²) in [6, 6.07) is 11.0. The first kappa shape index (κ1) is 11.9. The Morgan fingerprint density at radius 2 is 1.74 bits per heavy atom. The second-order valence-corrected chi connectivity index (χ2v) is 4.92. The van der Waals surface area contributed by atoms with Crippen molar-refractivity contribution in [3.05, 3.63) is 59.9 Å². The highest BCUT2D eigenvalue weighted by atomic mass is 16.1. The minimum Gasteiger partial charge on any atom is -0.322 e. The molecule has 0 unspecified atom stereocenters. The normalized spacial score (nSPS) is 15.8. The summed E-state index contributed by atoms with van der Waals surface area (Å²) >= 11 is 0. The monoisotopic (exact) mass is 253 g/mol. The number of nitrogens with two attached hydrogens (primary N) is 1. The van der Waals surface area contributed by atoms with Gasteiger partial charge in [-0.05, 0) is 42.7 Å². The van der Waals surface area contributed by atoms with Gasteiger partial charge in [0.1, 0.15) is 0 Å². The molecule has 1 heterocycles. The summed E-state index contributed by atoms with van der Waals surface area (Å²) in [5, 5.41) is 2.82. The van der Waals surface area contributed by atoms with E-state index in [0.29, 0.717) is 5.56 Å². The first-order chi connectivity index (χ1) is 9.17. The zero-order chi connectivity index (χ0) is 13.3. The molecule has 96 valence electrons. The SMILES string of the molecule is NC1(c2ccc(C(=O)Nc3ccncc3)cc2)CC1. The Morgan fingerprint density at radius 3 is 2.32 bits per heavy atom. The van der Waals surface area contributed by atoms with E-state index in [2.05, 4.69) is 10.3 Å². The van der Waals surface area contributed by atoms with Crippen LogP contribution in [0, 0.1) is 0 Å². The van der Waals surface area contributed by atoms with E-state index in [4.69, 9.17) is 5.73 Å². The van der Waals surface area contributed by atoms with Crippen LogP contribution in [0.5, 0.6) is 0 Å². The predicted molar refractivity (Wildman–Crippen MR) is 73.7 cm³/mol. The van der Waals surface area contributed by atoms with Crippen LogP contribution in [0.15, 0.2) is 48.8 Å². The van der Waals surface area contributed by atoms with Gasteiger partial charge in [-0.2, -0.15) is 0 Å². The van der Waals surface area contributed by atoms with Crippen LogP contribution in [0.1, 0.15) is 28.8 Å². The third kappa shape index (κ3) is 2.48. The third-order valence-electron chi connectivity index (χ3n) is 3.45. The molecular formula is C15H15N3O. The summed E-state index contributed by atoms with van der Waals surface area (Å²) in [4.78, 5) is 15.9. The molecule has 0 atom stereocenters. The summed E-state index contributed by atoms with van der Waals surface area (Å²) in [5.41, 5.74) is 8.43. The van der Waals surface area contributed by atoms with Gasteiger partial charge in [0.05, 0.1) is 0 Å². The van der Waals surface area contributed by atoms with Crippen LogP contribution in [0.3, 0.4) is 0 Å². The zero-order valence-electron chi connectivity index (χ0n) is 10.5. The zero-order valence-corrected chi connectivity index (χ0v) is 10.5. The fourth-order valence-corrected chi connectivity index (χ4v) is 2.02. The van der Waals surface area contributed by atoms with Gasteiger partial charge in [-0.1, -0.05) is 12.1 Å². The average Bonchev–Trinajstić information content (AvgIpc) is 3.19. The molecule has 1 aromatic heterocycles. The smallest absolute Gasteiger partial charge is 0.255 e. The lowest BCUT2D eigenvalue weighted by atomic mass is 10.0. The van der Waals surface area contributed by atoms with Gasteiger partial charge in [-0.15, -0.1) is 0 Å². The Kier molecular flexibility index (Phi) is 2.80. The van der Waals surface area contributed by atoms with Gasteiger partial charge < -0.3 is 11.1 Å². The second kappa shape index (κ2) is 4.48. The van der Waals surface area contributed by atoms with Crippen molar-refractivity contribution in [3.63, 3.8) is 0 Å². The number of anilines is 1. The molecule has 4 heteroatoms. The summed E-state index contributed by atoms with van der Waals surface area (Å²) in [7, 11) is 0. The lowest BCUT2D eigenvalue weighted by Gasteiger charge is -2.10. The van der Waals surface area contributed by atoms with Crippen molar-refractivity contribution in [2.24, 2.45) is 5.73 Å². The maximum atomic E-state index is 12.0. The quantitative estimate of drug-likeness (QED) is 0.881. The van der Waals surface area contributed by atoms with E-state index >= 15 is 0 Å². The average molecular weight is 253 g/mol. The van der Waals surface area contributed by atoms with Gasteiger partial charge >= 0.3 is 0 Å². The molecule has 1 aliphatic rings. The van der Waals surface area contributed by atoms with E-state index < -0.39 is 0 Å². The molecule has 0 aliphatic heterocycles. The van der Waals surface area contributed by atoms with Crippen molar-refractivity contribution in [1.29, 1.82) is 0 Å². The highest BCUT2D eigenvalue weighted by molar-refractivity contribution is 6.04. The number of carbonyl (C=O) groups excluding carboxylic acids is 1. The number of rotatable bonds is 3. The van der Waals surface area contributed by atoms with Gasteiger partial charge in [-0.25, -0.2) is 0 Å². The van der Waals surface area contributed by atoms with Crippen molar-refractivity contribution in [2.45, 2.75) is 18.4 Å². The van der Waals surface area contributed by atoms with Gasteiger partial charge in [0.15, 0.2) is 0 Å². The highest BCUT2D eigenvalue weighted by Crippen LogP contribution is 2.42. The largest absolute Gasteiger partial charge is 0.322 e. The molecule has 1 fully saturated rings. The molecule has 1 aliphatic carbocycles. The molecule has 0 bridgehead atoms. The van der Waals surface area contributed by atoms with Crippen LogP contribution in [0.2, 0.25) is 0 Å². The van der Waals surface area contributed by atoms with E-state index in [1.54, 1.807) is 24.5 Å².